The van der Waals surface area contributed by atoms with Crippen molar-refractivity contribution >= 4 is 28.9 Å². The summed E-state index contributed by atoms with van der Waals surface area (Å²) < 4.78 is 5.11. The van der Waals surface area contributed by atoms with Crippen LogP contribution >= 0.6 is 11.6 Å². The molecule has 6 nitrogen and oxygen atoms in total. The summed E-state index contributed by atoms with van der Waals surface area (Å²) in [5, 5.41) is 13.1. The molecule has 0 atom stereocenters. The molecule has 0 aliphatic rings. The van der Waals surface area contributed by atoms with E-state index < -0.39 is 4.92 Å². The Hall–Kier alpha value is -1.66. The Bertz CT molecular complexity index is 462. The number of anilines is 1. The number of carbonyl (C=O) groups is 1. The van der Waals surface area contributed by atoms with Gasteiger partial charge in [0, 0.05) is 12.1 Å². The molecule has 0 fully saturated rings. The van der Waals surface area contributed by atoms with Gasteiger partial charge in [-0.1, -0.05) is 11.6 Å². The Kier molecular flexibility index (Phi) is 5.06. The third-order valence-electron chi connectivity index (χ3n) is 1.99. The average Bonchev–Trinajstić information content (AvgIpc) is 2.29. The predicted octanol–water partition coefficient (Wildman–Crippen LogP) is 2.61. The van der Waals surface area contributed by atoms with Gasteiger partial charge in [0.25, 0.3) is 5.69 Å². The SMILES string of the molecule is CC(C)OCC(=O)Nc1ccc([N+](=O)[O-])cc1Cl. The molecule has 0 saturated carbocycles. The molecule has 1 rings (SSSR count). The number of nitrogens with zero attached hydrogens (tertiary/aromatic N) is 1. The summed E-state index contributed by atoms with van der Waals surface area (Å²) >= 11 is 5.82. The van der Waals surface area contributed by atoms with Crippen LogP contribution in [0.3, 0.4) is 0 Å². The lowest BCUT2D eigenvalue weighted by Crippen LogP contribution is -2.20. The third kappa shape index (κ3) is 4.31. The lowest BCUT2D eigenvalue weighted by molar-refractivity contribution is -0.384. The molecule has 0 aromatic heterocycles. The Morgan fingerprint density at radius 2 is 2.22 bits per heavy atom. The lowest BCUT2D eigenvalue weighted by atomic mass is 10.3. The Morgan fingerprint density at radius 3 is 2.72 bits per heavy atom. The van der Waals surface area contributed by atoms with Gasteiger partial charge in [-0.15, -0.1) is 0 Å². The fourth-order valence-corrected chi connectivity index (χ4v) is 1.37. The van der Waals surface area contributed by atoms with Crippen LogP contribution in [0.15, 0.2) is 18.2 Å². The molecule has 0 heterocycles. The summed E-state index contributed by atoms with van der Waals surface area (Å²) in [5.41, 5.74) is 0.191. The van der Waals surface area contributed by atoms with E-state index in [1.165, 1.54) is 18.2 Å². The third-order valence-corrected chi connectivity index (χ3v) is 2.30. The van der Waals surface area contributed by atoms with E-state index in [9.17, 15) is 14.9 Å². The number of halogens is 1. The highest BCUT2D eigenvalue weighted by molar-refractivity contribution is 6.33. The monoisotopic (exact) mass is 272 g/mol. The van der Waals surface area contributed by atoms with E-state index in [0.29, 0.717) is 5.69 Å². The minimum Gasteiger partial charge on any atom is -0.369 e. The Morgan fingerprint density at radius 1 is 1.56 bits per heavy atom. The Labute approximate surface area is 109 Å². The van der Waals surface area contributed by atoms with Crippen LogP contribution in [0.5, 0.6) is 0 Å². The zero-order valence-electron chi connectivity index (χ0n) is 9.97. The molecule has 0 aliphatic heterocycles. The number of hydrogen-bond acceptors (Lipinski definition) is 4. The van der Waals surface area contributed by atoms with E-state index in [0.717, 1.165) is 0 Å². The van der Waals surface area contributed by atoms with Crippen molar-refractivity contribution in [1.29, 1.82) is 0 Å². The van der Waals surface area contributed by atoms with Gasteiger partial charge in [-0.25, -0.2) is 0 Å². The number of ether oxygens (including phenoxy) is 1. The fourth-order valence-electron chi connectivity index (χ4n) is 1.15. The number of hydrogen-bond donors (Lipinski definition) is 1. The zero-order valence-corrected chi connectivity index (χ0v) is 10.7. The lowest BCUT2D eigenvalue weighted by Gasteiger charge is -2.09. The second kappa shape index (κ2) is 6.32. The van der Waals surface area contributed by atoms with Crippen molar-refractivity contribution in [2.24, 2.45) is 0 Å². The molecule has 0 radical (unpaired) electrons. The molecule has 0 bridgehead atoms. The molecular weight excluding hydrogens is 260 g/mol. The summed E-state index contributed by atoms with van der Waals surface area (Å²) in [6.07, 6.45) is -0.0527. The summed E-state index contributed by atoms with van der Waals surface area (Å²) in [4.78, 5) is 21.4. The maximum absolute atomic E-state index is 11.5. The van der Waals surface area contributed by atoms with Crippen molar-refractivity contribution in [3.63, 3.8) is 0 Å². The molecule has 1 aromatic carbocycles. The quantitative estimate of drug-likeness (QED) is 0.660. The van der Waals surface area contributed by atoms with E-state index in [4.69, 9.17) is 16.3 Å². The van der Waals surface area contributed by atoms with Crippen molar-refractivity contribution in [2.45, 2.75) is 20.0 Å². The summed E-state index contributed by atoms with van der Waals surface area (Å²) in [7, 11) is 0. The van der Waals surface area contributed by atoms with E-state index in [2.05, 4.69) is 5.32 Å². The van der Waals surface area contributed by atoms with Crippen LogP contribution in [-0.2, 0) is 9.53 Å². The molecular formula is C11H13ClN2O4. The molecule has 7 heteroatoms. The van der Waals surface area contributed by atoms with Gasteiger partial charge in [0.05, 0.1) is 21.7 Å². The van der Waals surface area contributed by atoms with Gasteiger partial charge in [0.1, 0.15) is 6.61 Å². The van der Waals surface area contributed by atoms with Gasteiger partial charge in [0.15, 0.2) is 0 Å². The number of benzene rings is 1. The second-order valence-electron chi connectivity index (χ2n) is 3.83. The van der Waals surface area contributed by atoms with Gasteiger partial charge in [-0.05, 0) is 19.9 Å². The number of nitro benzene ring substituents is 1. The second-order valence-corrected chi connectivity index (χ2v) is 4.24. The maximum atomic E-state index is 11.5. The van der Waals surface area contributed by atoms with Crippen molar-refractivity contribution in [3.05, 3.63) is 33.3 Å². The van der Waals surface area contributed by atoms with E-state index in [-0.39, 0.29) is 29.3 Å². The first-order valence-corrected chi connectivity index (χ1v) is 5.63. The molecule has 0 saturated heterocycles. The largest absolute Gasteiger partial charge is 0.369 e. The van der Waals surface area contributed by atoms with Crippen LogP contribution in [0.25, 0.3) is 0 Å². The molecule has 1 aromatic rings. The molecule has 98 valence electrons. The number of amides is 1. The standard InChI is InChI=1S/C11H13ClN2O4/c1-7(2)18-6-11(15)13-10-4-3-8(14(16)17)5-9(10)12/h3-5,7H,6H2,1-2H3,(H,13,15). The predicted molar refractivity (Wildman–Crippen MR) is 67.8 cm³/mol. The minimum absolute atomic E-state index is 0.0527. The van der Waals surface area contributed by atoms with Gasteiger partial charge in [-0.2, -0.15) is 0 Å². The normalized spacial score (nSPS) is 10.4. The summed E-state index contributed by atoms with van der Waals surface area (Å²) in [6, 6.07) is 3.83. The molecule has 18 heavy (non-hydrogen) atoms. The number of nitrogens with one attached hydrogen (secondary N) is 1. The van der Waals surface area contributed by atoms with Gasteiger partial charge in [-0.3, -0.25) is 14.9 Å². The van der Waals surface area contributed by atoms with Crippen molar-refractivity contribution in [3.8, 4) is 0 Å². The van der Waals surface area contributed by atoms with Crippen molar-refractivity contribution in [2.75, 3.05) is 11.9 Å². The van der Waals surface area contributed by atoms with Crippen LogP contribution in [-0.4, -0.2) is 23.5 Å². The van der Waals surface area contributed by atoms with E-state index in [1.807, 2.05) is 13.8 Å². The van der Waals surface area contributed by atoms with Gasteiger partial charge in [0.2, 0.25) is 5.91 Å². The highest BCUT2D eigenvalue weighted by Gasteiger charge is 2.11. The smallest absolute Gasteiger partial charge is 0.271 e. The van der Waals surface area contributed by atoms with E-state index >= 15 is 0 Å². The minimum atomic E-state index is -0.556. The number of rotatable bonds is 5. The average molecular weight is 273 g/mol. The molecule has 0 spiro atoms. The van der Waals surface area contributed by atoms with Crippen LogP contribution in [0, 0.1) is 10.1 Å². The van der Waals surface area contributed by atoms with Crippen LogP contribution < -0.4 is 5.32 Å². The number of non-ortho nitro benzene ring substituents is 1. The summed E-state index contributed by atoms with van der Waals surface area (Å²) in [6.45, 7) is 3.53. The highest BCUT2D eigenvalue weighted by atomic mass is 35.5. The van der Waals surface area contributed by atoms with Crippen LogP contribution in [0.2, 0.25) is 5.02 Å². The van der Waals surface area contributed by atoms with Gasteiger partial charge >= 0.3 is 0 Å². The molecule has 0 aliphatic carbocycles. The first-order valence-electron chi connectivity index (χ1n) is 5.25. The fraction of sp³-hybridized carbons (Fsp3) is 0.364. The maximum Gasteiger partial charge on any atom is 0.271 e. The first-order chi connectivity index (χ1) is 8.40. The van der Waals surface area contributed by atoms with E-state index in [1.54, 1.807) is 0 Å². The Balaban J connectivity index is 2.68. The molecule has 1 N–H and O–H groups in total. The van der Waals surface area contributed by atoms with Crippen LogP contribution in [0.1, 0.15) is 13.8 Å². The first kappa shape index (κ1) is 14.4. The van der Waals surface area contributed by atoms with Gasteiger partial charge < -0.3 is 10.1 Å². The number of nitro groups is 1. The summed E-state index contributed by atoms with van der Waals surface area (Å²) in [5.74, 6) is -0.362. The van der Waals surface area contributed by atoms with Crippen molar-refractivity contribution in [1.82, 2.24) is 0 Å². The topological polar surface area (TPSA) is 81.5 Å². The molecule has 0 unspecified atom stereocenters. The number of carbonyl (C=O) groups excluding carboxylic acids is 1. The zero-order chi connectivity index (χ0) is 13.7. The highest BCUT2D eigenvalue weighted by Crippen LogP contribution is 2.26. The molecule has 1 amide bonds. The van der Waals surface area contributed by atoms with Crippen LogP contribution in [0.4, 0.5) is 11.4 Å². The van der Waals surface area contributed by atoms with Crippen molar-refractivity contribution < 1.29 is 14.5 Å².